The molecule has 3 nitrogen and oxygen atoms in total. The van der Waals surface area contributed by atoms with Gasteiger partial charge in [0.1, 0.15) is 5.69 Å². The van der Waals surface area contributed by atoms with Crippen LogP contribution in [0, 0.1) is 0 Å². The second-order valence-corrected chi connectivity index (χ2v) is 4.95. The lowest BCUT2D eigenvalue weighted by Gasteiger charge is -2.29. The summed E-state index contributed by atoms with van der Waals surface area (Å²) < 4.78 is 37.6. The maximum atomic E-state index is 12.5. The molecular formula is C10H12F3N3S. The maximum absolute atomic E-state index is 12.5. The van der Waals surface area contributed by atoms with E-state index in [1.165, 1.54) is 0 Å². The molecule has 0 aromatic carbocycles. The summed E-state index contributed by atoms with van der Waals surface area (Å²) in [6.07, 6.45) is -3.34. The van der Waals surface area contributed by atoms with Gasteiger partial charge in [0, 0.05) is 24.6 Å². The van der Waals surface area contributed by atoms with Crippen molar-refractivity contribution in [3.05, 3.63) is 18.0 Å². The molecule has 0 amide bonds. The largest absolute Gasteiger partial charge is 0.433 e. The molecule has 17 heavy (non-hydrogen) atoms. The molecule has 0 radical (unpaired) electrons. The predicted octanol–water partition coefficient (Wildman–Crippen LogP) is 2.24. The van der Waals surface area contributed by atoms with E-state index in [4.69, 9.17) is 5.73 Å². The Kier molecular flexibility index (Phi) is 3.37. The van der Waals surface area contributed by atoms with Crippen molar-refractivity contribution < 1.29 is 13.2 Å². The lowest BCUT2D eigenvalue weighted by molar-refractivity contribution is -0.141. The molecule has 1 aliphatic heterocycles. The lowest BCUT2D eigenvalue weighted by atomic mass is 10.2. The number of nitrogens with zero attached hydrogens (tertiary/aromatic N) is 2. The van der Waals surface area contributed by atoms with Crippen molar-refractivity contribution in [1.29, 1.82) is 0 Å². The first-order valence-electron chi connectivity index (χ1n) is 5.14. The van der Waals surface area contributed by atoms with Gasteiger partial charge >= 0.3 is 6.18 Å². The van der Waals surface area contributed by atoms with Crippen molar-refractivity contribution in [2.24, 2.45) is 0 Å². The molecule has 1 fully saturated rings. The van der Waals surface area contributed by atoms with Gasteiger partial charge in [0.2, 0.25) is 0 Å². The summed E-state index contributed by atoms with van der Waals surface area (Å²) in [5.41, 5.74) is 5.53. The van der Waals surface area contributed by atoms with Crippen LogP contribution < -0.4 is 10.6 Å². The number of hydrogen-bond donors (Lipinski definition) is 1. The molecular weight excluding hydrogens is 251 g/mol. The Balaban J connectivity index is 2.31. The molecule has 1 aromatic heterocycles. The molecule has 0 unspecified atom stereocenters. The van der Waals surface area contributed by atoms with E-state index in [0.29, 0.717) is 11.4 Å². The third-order valence-electron chi connectivity index (χ3n) is 2.55. The van der Waals surface area contributed by atoms with E-state index < -0.39 is 11.9 Å². The van der Waals surface area contributed by atoms with E-state index in [1.54, 1.807) is 11.8 Å². The van der Waals surface area contributed by atoms with Gasteiger partial charge in [-0.25, -0.2) is 4.98 Å². The van der Waals surface area contributed by atoms with Gasteiger partial charge in [-0.15, -0.1) is 0 Å². The van der Waals surface area contributed by atoms with E-state index in [1.807, 2.05) is 4.90 Å². The van der Waals surface area contributed by atoms with Crippen LogP contribution in [-0.4, -0.2) is 29.6 Å². The lowest BCUT2D eigenvalue weighted by Crippen LogP contribution is -2.33. The third kappa shape index (κ3) is 2.77. The van der Waals surface area contributed by atoms with Gasteiger partial charge in [-0.2, -0.15) is 24.9 Å². The molecule has 0 bridgehead atoms. The van der Waals surface area contributed by atoms with E-state index in [9.17, 15) is 13.2 Å². The molecule has 0 aliphatic carbocycles. The highest BCUT2D eigenvalue weighted by atomic mass is 32.2. The number of halogens is 3. The van der Waals surface area contributed by atoms with Gasteiger partial charge in [0.15, 0.2) is 0 Å². The van der Waals surface area contributed by atoms with Crippen molar-refractivity contribution in [1.82, 2.24) is 4.98 Å². The van der Waals surface area contributed by atoms with Crippen molar-refractivity contribution >= 4 is 23.1 Å². The monoisotopic (exact) mass is 263 g/mol. The molecule has 1 saturated heterocycles. The predicted molar refractivity (Wildman–Crippen MR) is 63.2 cm³/mol. The van der Waals surface area contributed by atoms with Gasteiger partial charge < -0.3 is 10.6 Å². The average Bonchev–Trinajstić information content (AvgIpc) is 2.29. The summed E-state index contributed by atoms with van der Waals surface area (Å²) in [4.78, 5) is 5.20. The molecule has 94 valence electrons. The number of thioether (sulfide) groups is 1. The van der Waals surface area contributed by atoms with Crippen LogP contribution >= 0.6 is 11.8 Å². The molecule has 1 aliphatic rings. The van der Waals surface area contributed by atoms with Crippen molar-refractivity contribution in [3.8, 4) is 0 Å². The van der Waals surface area contributed by atoms with E-state index in [2.05, 4.69) is 4.98 Å². The number of rotatable bonds is 1. The second kappa shape index (κ2) is 4.64. The number of hydrogen-bond acceptors (Lipinski definition) is 4. The van der Waals surface area contributed by atoms with Crippen LogP contribution in [0.2, 0.25) is 0 Å². The first kappa shape index (κ1) is 12.3. The van der Waals surface area contributed by atoms with Gasteiger partial charge in [0.05, 0.1) is 17.6 Å². The maximum Gasteiger partial charge on any atom is 0.433 e. The fourth-order valence-electron chi connectivity index (χ4n) is 1.69. The van der Waals surface area contributed by atoms with Crippen LogP contribution in [0.3, 0.4) is 0 Å². The minimum Gasteiger partial charge on any atom is -0.396 e. The number of nitrogen functional groups attached to an aromatic ring is 1. The van der Waals surface area contributed by atoms with Crippen LogP contribution in [0.4, 0.5) is 24.5 Å². The van der Waals surface area contributed by atoms with E-state index in [0.717, 1.165) is 36.9 Å². The van der Waals surface area contributed by atoms with Gasteiger partial charge in [-0.05, 0) is 6.07 Å². The zero-order valence-corrected chi connectivity index (χ0v) is 9.81. The minimum atomic E-state index is -4.42. The van der Waals surface area contributed by atoms with Crippen molar-refractivity contribution in [3.63, 3.8) is 0 Å². The van der Waals surface area contributed by atoms with Gasteiger partial charge in [-0.3, -0.25) is 0 Å². The zero-order valence-electron chi connectivity index (χ0n) is 9.00. The van der Waals surface area contributed by atoms with Gasteiger partial charge in [0.25, 0.3) is 0 Å². The highest BCUT2D eigenvalue weighted by molar-refractivity contribution is 7.99. The molecule has 2 heterocycles. The number of aromatic nitrogens is 1. The fraction of sp³-hybridized carbons (Fsp3) is 0.500. The topological polar surface area (TPSA) is 42.1 Å². The second-order valence-electron chi connectivity index (χ2n) is 3.73. The van der Waals surface area contributed by atoms with Crippen LogP contribution in [0.25, 0.3) is 0 Å². The Bertz CT molecular complexity index is 402. The van der Waals surface area contributed by atoms with E-state index in [-0.39, 0.29) is 0 Å². The quantitative estimate of drug-likeness (QED) is 0.843. The number of pyridine rings is 1. The normalized spacial score (nSPS) is 17.2. The molecule has 0 saturated carbocycles. The zero-order chi connectivity index (χ0) is 12.5. The molecule has 0 atom stereocenters. The average molecular weight is 263 g/mol. The summed E-state index contributed by atoms with van der Waals surface area (Å²) in [5.74, 6) is 1.81. The van der Waals surface area contributed by atoms with Gasteiger partial charge in [-0.1, -0.05) is 0 Å². The number of alkyl halides is 3. The Morgan fingerprint density at radius 2 is 1.94 bits per heavy atom. The minimum absolute atomic E-state index is 0.296. The summed E-state index contributed by atoms with van der Waals surface area (Å²) in [6, 6.07) is 1.03. The summed E-state index contributed by atoms with van der Waals surface area (Å²) in [7, 11) is 0. The summed E-state index contributed by atoms with van der Waals surface area (Å²) in [6.45, 7) is 1.44. The Morgan fingerprint density at radius 3 is 2.53 bits per heavy atom. The van der Waals surface area contributed by atoms with Crippen LogP contribution in [-0.2, 0) is 6.18 Å². The molecule has 2 N–H and O–H groups in total. The smallest absolute Gasteiger partial charge is 0.396 e. The Morgan fingerprint density at radius 1 is 1.29 bits per heavy atom. The van der Waals surface area contributed by atoms with Crippen LogP contribution in [0.1, 0.15) is 5.69 Å². The number of nitrogens with two attached hydrogens (primary N) is 1. The first-order chi connectivity index (χ1) is 7.98. The highest BCUT2D eigenvalue weighted by Crippen LogP contribution is 2.33. The number of anilines is 2. The Labute approximate surface area is 101 Å². The standard InChI is InChI=1S/C10H12F3N3S/c11-10(12,13)9-5-8(7(14)6-15-9)16-1-3-17-4-2-16/h5-6H,1-4,14H2. The van der Waals surface area contributed by atoms with Crippen molar-refractivity contribution in [2.45, 2.75) is 6.18 Å². The first-order valence-corrected chi connectivity index (χ1v) is 6.29. The van der Waals surface area contributed by atoms with Crippen LogP contribution in [0.15, 0.2) is 12.3 Å². The molecule has 1 aromatic rings. The highest BCUT2D eigenvalue weighted by Gasteiger charge is 2.33. The Hall–Kier alpha value is -1.11. The molecule has 2 rings (SSSR count). The third-order valence-corrected chi connectivity index (χ3v) is 3.50. The van der Waals surface area contributed by atoms with E-state index >= 15 is 0 Å². The van der Waals surface area contributed by atoms with Crippen LogP contribution in [0.5, 0.6) is 0 Å². The SMILES string of the molecule is Nc1cnc(C(F)(F)F)cc1N1CCSCC1. The van der Waals surface area contributed by atoms with Crippen molar-refractivity contribution in [2.75, 3.05) is 35.2 Å². The summed E-state index contributed by atoms with van der Waals surface area (Å²) >= 11 is 1.79. The molecule has 7 heteroatoms. The fourth-order valence-corrected chi connectivity index (χ4v) is 2.59. The molecule has 0 spiro atoms. The summed E-state index contributed by atoms with van der Waals surface area (Å²) in [5, 5.41) is 0.